The maximum atomic E-state index is 13.4. The predicted molar refractivity (Wildman–Crippen MR) is 82.2 cm³/mol. The van der Waals surface area contributed by atoms with Crippen LogP contribution in [-0.2, 0) is 4.79 Å². The van der Waals surface area contributed by atoms with Crippen molar-refractivity contribution in [1.82, 2.24) is 0 Å². The van der Waals surface area contributed by atoms with E-state index in [2.05, 4.69) is 10.6 Å². The summed E-state index contributed by atoms with van der Waals surface area (Å²) in [7, 11) is 0. The Morgan fingerprint density at radius 2 is 1.72 bits per heavy atom. The number of anilines is 2. The number of alkyl halides is 3. The summed E-state index contributed by atoms with van der Waals surface area (Å²) >= 11 is 0. The van der Waals surface area contributed by atoms with Crippen LogP contribution in [-0.4, -0.2) is 18.1 Å². The van der Waals surface area contributed by atoms with Gasteiger partial charge in [0, 0.05) is 24.4 Å². The van der Waals surface area contributed by atoms with Gasteiger partial charge in [-0.2, -0.15) is 13.2 Å². The Hall–Kier alpha value is -2.78. The highest BCUT2D eigenvalue weighted by Crippen LogP contribution is 2.31. The number of hydrogen-bond acceptors (Lipinski definition) is 4. The molecule has 6 N–H and O–H groups in total. The lowest BCUT2D eigenvalue weighted by atomic mass is 10.2. The Bertz CT molecular complexity index is 738. The Balaban J connectivity index is 2.25. The van der Waals surface area contributed by atoms with E-state index in [1.165, 1.54) is 0 Å². The van der Waals surface area contributed by atoms with Crippen molar-refractivity contribution >= 4 is 17.3 Å². The number of allylic oxidation sites excluding steroid dienone is 1. The molecule has 25 heavy (non-hydrogen) atoms. The molecule has 5 nitrogen and oxygen atoms in total. The molecule has 2 rings (SSSR count). The molecule has 1 fully saturated rings. The van der Waals surface area contributed by atoms with E-state index in [0.717, 1.165) is 25.0 Å². The maximum Gasteiger partial charge on any atom is 0.430 e. The number of amides is 1. The summed E-state index contributed by atoms with van der Waals surface area (Å²) in [6.45, 7) is 0. The number of nitrogens with two attached hydrogens (primary N) is 2. The van der Waals surface area contributed by atoms with Gasteiger partial charge in [0.1, 0.15) is 5.70 Å². The zero-order valence-corrected chi connectivity index (χ0v) is 12.8. The third kappa shape index (κ3) is 4.85. The fourth-order valence-corrected chi connectivity index (χ4v) is 1.85. The van der Waals surface area contributed by atoms with E-state index < -0.39 is 35.0 Å². The lowest BCUT2D eigenvalue weighted by Gasteiger charge is -2.14. The highest BCUT2D eigenvalue weighted by atomic mass is 19.4. The zero-order chi connectivity index (χ0) is 18.8. The van der Waals surface area contributed by atoms with E-state index in [4.69, 9.17) is 11.5 Å². The molecular formula is C15H15F5N4O. The largest absolute Gasteiger partial charge is 0.430 e. The van der Waals surface area contributed by atoms with Gasteiger partial charge in [0.05, 0.1) is 16.9 Å². The van der Waals surface area contributed by atoms with Crippen molar-refractivity contribution in [3.63, 3.8) is 0 Å². The SMILES string of the molecule is N/C=C(\C=C(/N)C(F)(F)F)C(=O)Nc1cc(F)c(F)cc1NC1CC1. The number of nitrogens with one attached hydrogen (secondary N) is 2. The summed E-state index contributed by atoms with van der Waals surface area (Å²) in [5, 5.41) is 5.08. The van der Waals surface area contributed by atoms with Crippen molar-refractivity contribution < 1.29 is 26.7 Å². The van der Waals surface area contributed by atoms with Gasteiger partial charge in [-0.15, -0.1) is 0 Å². The smallest absolute Gasteiger partial charge is 0.404 e. The molecule has 1 aliphatic carbocycles. The standard InChI is InChI=1S/C15H15F5N4O/c16-9-4-11(23-8-1-2-8)12(5-10(9)17)24-14(25)7(6-21)3-13(22)15(18,19)20/h3-6,8,23H,1-2,21-22H2,(H,24,25)/b7-6+,13-3-. The van der Waals surface area contributed by atoms with Crippen molar-refractivity contribution in [2.24, 2.45) is 11.5 Å². The molecule has 1 aromatic carbocycles. The third-order valence-corrected chi connectivity index (χ3v) is 3.33. The molecule has 0 heterocycles. The fourth-order valence-electron chi connectivity index (χ4n) is 1.85. The lowest BCUT2D eigenvalue weighted by molar-refractivity contribution is -0.112. The molecule has 0 saturated heterocycles. The van der Waals surface area contributed by atoms with Crippen molar-refractivity contribution in [3.05, 3.63) is 47.3 Å². The average molecular weight is 362 g/mol. The van der Waals surface area contributed by atoms with Crippen molar-refractivity contribution in [3.8, 4) is 0 Å². The number of hydrogen-bond donors (Lipinski definition) is 4. The van der Waals surface area contributed by atoms with Gasteiger partial charge >= 0.3 is 6.18 Å². The molecule has 0 aliphatic heterocycles. The van der Waals surface area contributed by atoms with Crippen LogP contribution >= 0.6 is 0 Å². The van der Waals surface area contributed by atoms with Crippen LogP contribution in [0.3, 0.4) is 0 Å². The Morgan fingerprint density at radius 1 is 1.16 bits per heavy atom. The van der Waals surface area contributed by atoms with Gasteiger partial charge in [-0.3, -0.25) is 4.79 Å². The van der Waals surface area contributed by atoms with E-state index in [-0.39, 0.29) is 17.4 Å². The van der Waals surface area contributed by atoms with Crippen LogP contribution in [0.25, 0.3) is 0 Å². The quantitative estimate of drug-likeness (QED) is 0.368. The Labute approximate surface area is 139 Å². The van der Waals surface area contributed by atoms with E-state index in [0.29, 0.717) is 12.3 Å². The molecule has 0 radical (unpaired) electrons. The monoisotopic (exact) mass is 362 g/mol. The highest BCUT2D eigenvalue weighted by Gasteiger charge is 2.32. The molecule has 0 aromatic heterocycles. The predicted octanol–water partition coefficient (Wildman–Crippen LogP) is 2.73. The fraction of sp³-hybridized carbons (Fsp3) is 0.267. The van der Waals surface area contributed by atoms with Crippen LogP contribution in [0.1, 0.15) is 12.8 Å². The van der Waals surface area contributed by atoms with E-state index >= 15 is 0 Å². The molecule has 0 spiro atoms. The summed E-state index contributed by atoms with van der Waals surface area (Å²) < 4.78 is 64.2. The normalized spacial score (nSPS) is 15.9. The first-order valence-corrected chi connectivity index (χ1v) is 7.15. The Morgan fingerprint density at radius 3 is 2.20 bits per heavy atom. The van der Waals surface area contributed by atoms with Crippen LogP contribution in [0.5, 0.6) is 0 Å². The van der Waals surface area contributed by atoms with Crippen LogP contribution in [0, 0.1) is 11.6 Å². The number of carbonyl (C=O) groups is 1. The number of rotatable bonds is 5. The third-order valence-electron chi connectivity index (χ3n) is 3.33. The van der Waals surface area contributed by atoms with Crippen LogP contribution < -0.4 is 22.1 Å². The van der Waals surface area contributed by atoms with Gasteiger partial charge in [-0.25, -0.2) is 8.78 Å². The first-order chi connectivity index (χ1) is 11.6. The van der Waals surface area contributed by atoms with Gasteiger partial charge in [0.2, 0.25) is 0 Å². The summed E-state index contributed by atoms with van der Waals surface area (Å²) in [6, 6.07) is 1.64. The maximum absolute atomic E-state index is 13.4. The molecule has 0 unspecified atom stereocenters. The highest BCUT2D eigenvalue weighted by molar-refractivity contribution is 6.07. The van der Waals surface area contributed by atoms with Gasteiger partial charge in [-0.1, -0.05) is 0 Å². The molecule has 0 atom stereocenters. The minimum absolute atomic E-state index is 0.0609. The summed E-state index contributed by atoms with van der Waals surface area (Å²) in [6.07, 6.45) is -2.21. The molecule has 1 saturated carbocycles. The summed E-state index contributed by atoms with van der Waals surface area (Å²) in [5.74, 6) is -3.41. The molecule has 1 aromatic rings. The lowest BCUT2D eigenvalue weighted by Crippen LogP contribution is -2.22. The average Bonchev–Trinajstić information content (AvgIpc) is 3.32. The van der Waals surface area contributed by atoms with E-state index in [1.807, 2.05) is 0 Å². The van der Waals surface area contributed by atoms with Crippen molar-refractivity contribution in [2.75, 3.05) is 10.6 Å². The molecular weight excluding hydrogens is 347 g/mol. The van der Waals surface area contributed by atoms with E-state index in [1.54, 1.807) is 0 Å². The first kappa shape index (κ1) is 18.6. The molecule has 1 aliphatic rings. The van der Waals surface area contributed by atoms with Crippen molar-refractivity contribution in [2.45, 2.75) is 25.1 Å². The van der Waals surface area contributed by atoms with Gasteiger partial charge in [0.25, 0.3) is 5.91 Å². The molecule has 1 amide bonds. The molecule has 0 bridgehead atoms. The van der Waals surface area contributed by atoms with Crippen LogP contribution in [0.2, 0.25) is 0 Å². The second kappa shape index (κ2) is 6.99. The number of benzene rings is 1. The van der Waals surface area contributed by atoms with Gasteiger partial charge in [0.15, 0.2) is 11.6 Å². The van der Waals surface area contributed by atoms with Gasteiger partial charge < -0.3 is 22.1 Å². The zero-order valence-electron chi connectivity index (χ0n) is 12.8. The summed E-state index contributed by atoms with van der Waals surface area (Å²) in [4.78, 5) is 12.1. The van der Waals surface area contributed by atoms with Crippen LogP contribution in [0.4, 0.5) is 33.3 Å². The minimum Gasteiger partial charge on any atom is -0.404 e. The number of carbonyl (C=O) groups excluding carboxylic acids is 1. The molecule has 136 valence electrons. The summed E-state index contributed by atoms with van der Waals surface area (Å²) in [5.41, 5.74) is 7.87. The first-order valence-electron chi connectivity index (χ1n) is 7.15. The topological polar surface area (TPSA) is 93.2 Å². The van der Waals surface area contributed by atoms with Crippen LogP contribution in [0.15, 0.2) is 35.7 Å². The van der Waals surface area contributed by atoms with Crippen molar-refractivity contribution in [1.29, 1.82) is 0 Å². The minimum atomic E-state index is -4.84. The van der Waals surface area contributed by atoms with Gasteiger partial charge in [-0.05, 0) is 18.9 Å². The Kier molecular flexibility index (Phi) is 5.19. The number of halogens is 5. The second-order valence-electron chi connectivity index (χ2n) is 5.40. The van der Waals surface area contributed by atoms with E-state index in [9.17, 15) is 26.7 Å². The molecule has 10 heteroatoms. The second-order valence-corrected chi connectivity index (χ2v) is 5.40.